The molecule has 0 radical (unpaired) electrons. The van der Waals surface area contributed by atoms with Crippen molar-refractivity contribution in [2.24, 2.45) is 0 Å². The number of hydrogen-bond donors (Lipinski definition) is 1. The number of alkyl halides is 2. The molecule has 2 fully saturated rings. The second-order valence-electron chi connectivity index (χ2n) is 15.6. The van der Waals surface area contributed by atoms with Crippen LogP contribution in [-0.4, -0.2) is 65.2 Å². The van der Waals surface area contributed by atoms with E-state index >= 15 is 0 Å². The van der Waals surface area contributed by atoms with E-state index in [0.29, 0.717) is 0 Å². The minimum atomic E-state index is -2.85. The molecule has 2 aliphatic rings. The molecule has 2 heterocycles. The van der Waals surface area contributed by atoms with Crippen LogP contribution in [-0.2, 0) is 27.9 Å². The van der Waals surface area contributed by atoms with Crippen LogP contribution < -0.4 is 20.7 Å². The van der Waals surface area contributed by atoms with E-state index in [4.69, 9.17) is 23.1 Å². The molecule has 6 rings (SSSR count). The van der Waals surface area contributed by atoms with Gasteiger partial charge in [0.2, 0.25) is 6.29 Å². The molecule has 0 aliphatic carbocycles. The summed E-state index contributed by atoms with van der Waals surface area (Å²) in [6, 6.07) is 40.4. The zero-order chi connectivity index (χ0) is 38.4. The predicted molar refractivity (Wildman–Crippen MR) is 208 cm³/mol. The molecule has 0 unspecified atom stereocenters. The van der Waals surface area contributed by atoms with Crippen LogP contribution in [0, 0.1) is 0 Å². The third-order valence-electron chi connectivity index (χ3n) is 9.75. The van der Waals surface area contributed by atoms with Crippen molar-refractivity contribution in [2.75, 3.05) is 0 Å². The molecule has 0 aromatic heterocycles. The quantitative estimate of drug-likeness (QED) is 0.154. The van der Waals surface area contributed by atoms with Crippen LogP contribution in [0.25, 0.3) is 0 Å². The third kappa shape index (κ3) is 8.89. The van der Waals surface area contributed by atoms with Crippen LogP contribution in [0.1, 0.15) is 61.3 Å². The van der Waals surface area contributed by atoms with Gasteiger partial charge in [0.15, 0.2) is 31.2 Å². The number of carbonyl (C=O) groups is 1. The highest BCUT2D eigenvalue weighted by atomic mass is 28.4. The molecule has 284 valence electrons. The fraction of sp³-hybridized carbons (Fsp3) is 0.405. The number of hydrogen-bond acceptors (Lipinski definition) is 7. The van der Waals surface area contributed by atoms with Crippen LogP contribution in [0.4, 0.5) is 8.78 Å². The Balaban J connectivity index is 0.000000206. The maximum atomic E-state index is 14.4. The first-order valence-electron chi connectivity index (χ1n) is 18.1. The van der Waals surface area contributed by atoms with Crippen LogP contribution >= 0.6 is 0 Å². The average Bonchev–Trinajstić information content (AvgIpc) is 3.64. The molecule has 2 saturated heterocycles. The highest BCUT2D eigenvalue weighted by molar-refractivity contribution is 7.00. The van der Waals surface area contributed by atoms with Gasteiger partial charge in [-0.15, -0.1) is 0 Å². The summed E-state index contributed by atoms with van der Waals surface area (Å²) in [5.74, 6) is -0.571. The van der Waals surface area contributed by atoms with Gasteiger partial charge in [-0.2, -0.15) is 0 Å². The third-order valence-corrected chi connectivity index (χ3v) is 19.8. The van der Waals surface area contributed by atoms with E-state index in [9.17, 15) is 18.7 Å². The number of halogens is 2. The van der Waals surface area contributed by atoms with Crippen molar-refractivity contribution in [3.8, 4) is 0 Å². The van der Waals surface area contributed by atoms with Gasteiger partial charge < -0.3 is 28.2 Å². The number of esters is 1. The van der Waals surface area contributed by atoms with E-state index < -0.39 is 60.1 Å². The Hall–Kier alpha value is -3.56. The molecule has 0 spiro atoms. The SMILES string of the molecule is CC(=O)O[C@@H]1O[C@H](O[Si](c2ccccc2)(c2ccccc2)C(C)(C)C)C[C@H]1F.CC(C)(C)[Si](O[C@@H]1C[C@@H](F)[C@H](O)O1)(c1ccccc1)c1ccccc1. The normalized spacial score (nSPS) is 23.6. The lowest BCUT2D eigenvalue weighted by atomic mass is 10.2. The van der Waals surface area contributed by atoms with Crippen molar-refractivity contribution in [1.29, 1.82) is 0 Å². The number of carbonyl (C=O) groups excluding carboxylic acids is 1. The lowest BCUT2D eigenvalue weighted by molar-refractivity contribution is -0.197. The van der Waals surface area contributed by atoms with E-state index in [-0.39, 0.29) is 22.9 Å². The first kappa shape index (κ1) is 40.6. The fourth-order valence-corrected chi connectivity index (χ4v) is 16.5. The van der Waals surface area contributed by atoms with Crippen molar-refractivity contribution < 1.29 is 41.7 Å². The summed E-state index contributed by atoms with van der Waals surface area (Å²) in [6.07, 6.45) is -6.92. The standard InChI is InChI=1S/C22H27FO4Si.C20H25FO3Si/c1-16(24)25-21-19(23)15-20(26-21)27-28(22(2,3)4,17-11-7-5-8-12-17)18-13-9-6-10-14-18;1-20(2,3)25(15-10-6-4-7-11-15,16-12-8-5-9-13-16)24-18-14-17(21)19(22)23-18/h5-14,19-21H,15H2,1-4H3;4-13,17-19,22H,14H2,1-3H3/t19-,20-,21-;17-,18-,19-/m11/s1. The molecule has 4 aromatic carbocycles. The van der Waals surface area contributed by atoms with Crippen LogP contribution in [0.5, 0.6) is 0 Å². The number of aliphatic hydroxyl groups excluding tert-OH is 1. The van der Waals surface area contributed by atoms with Crippen molar-refractivity contribution in [3.63, 3.8) is 0 Å². The van der Waals surface area contributed by atoms with Gasteiger partial charge in [0.1, 0.15) is 0 Å². The Labute approximate surface area is 314 Å². The minimum absolute atomic E-state index is 0.0302. The highest BCUT2D eigenvalue weighted by Gasteiger charge is 2.55. The number of rotatable bonds is 9. The molecule has 2 aliphatic heterocycles. The van der Waals surface area contributed by atoms with E-state index in [2.05, 4.69) is 90.1 Å². The van der Waals surface area contributed by atoms with Crippen LogP contribution in [0.15, 0.2) is 121 Å². The van der Waals surface area contributed by atoms with Gasteiger partial charge in [-0.3, -0.25) is 4.79 Å². The van der Waals surface area contributed by atoms with Crippen LogP contribution in [0.3, 0.4) is 0 Å². The molecule has 0 amide bonds. The second kappa shape index (κ2) is 16.9. The molecule has 0 saturated carbocycles. The Morgan fingerprint density at radius 1 is 0.604 bits per heavy atom. The number of aliphatic hydroxyl groups is 1. The first-order chi connectivity index (χ1) is 25.1. The van der Waals surface area contributed by atoms with Crippen molar-refractivity contribution in [2.45, 2.75) is 109 Å². The van der Waals surface area contributed by atoms with Crippen molar-refractivity contribution in [1.82, 2.24) is 0 Å². The Kier molecular flexibility index (Phi) is 12.9. The first-order valence-corrected chi connectivity index (χ1v) is 21.9. The molecule has 7 nitrogen and oxygen atoms in total. The van der Waals surface area contributed by atoms with Gasteiger partial charge in [0.05, 0.1) is 0 Å². The molecule has 11 heteroatoms. The number of benzene rings is 4. The average molecular weight is 763 g/mol. The zero-order valence-corrected chi connectivity index (χ0v) is 33.6. The van der Waals surface area contributed by atoms with Gasteiger partial charge in [-0.05, 0) is 30.8 Å². The largest absolute Gasteiger partial charge is 0.433 e. The summed E-state index contributed by atoms with van der Waals surface area (Å²) in [7, 11) is -5.62. The van der Waals surface area contributed by atoms with Crippen molar-refractivity contribution in [3.05, 3.63) is 121 Å². The summed E-state index contributed by atoms with van der Waals surface area (Å²) >= 11 is 0. The van der Waals surface area contributed by atoms with Gasteiger partial charge in [0, 0.05) is 19.8 Å². The maximum absolute atomic E-state index is 14.4. The minimum Gasteiger partial charge on any atom is -0.433 e. The fourth-order valence-electron chi connectivity index (χ4n) is 7.38. The summed E-state index contributed by atoms with van der Waals surface area (Å²) in [4.78, 5) is 11.2. The van der Waals surface area contributed by atoms with E-state index in [0.717, 1.165) is 20.7 Å². The second-order valence-corrected chi connectivity index (χ2v) is 24.1. The predicted octanol–water partition coefficient (Wildman–Crippen LogP) is 6.50. The molecule has 6 atom stereocenters. The highest BCUT2D eigenvalue weighted by Crippen LogP contribution is 2.41. The summed E-state index contributed by atoms with van der Waals surface area (Å²) < 4.78 is 57.5. The smallest absolute Gasteiger partial charge is 0.305 e. The zero-order valence-electron chi connectivity index (χ0n) is 31.6. The monoisotopic (exact) mass is 762 g/mol. The molecule has 4 aromatic rings. The van der Waals surface area contributed by atoms with Crippen LogP contribution in [0.2, 0.25) is 10.1 Å². The molecule has 53 heavy (non-hydrogen) atoms. The molecule has 0 bridgehead atoms. The summed E-state index contributed by atoms with van der Waals surface area (Å²) in [6.45, 7) is 14.1. The maximum Gasteiger partial charge on any atom is 0.305 e. The molecular formula is C42H52F2O7Si2. The topological polar surface area (TPSA) is 83.5 Å². The lowest BCUT2D eigenvalue weighted by Crippen LogP contribution is -2.67. The molecule has 1 N–H and O–H groups in total. The number of ether oxygens (including phenoxy) is 3. The Morgan fingerprint density at radius 2 is 0.925 bits per heavy atom. The van der Waals surface area contributed by atoms with Gasteiger partial charge in [-0.1, -0.05) is 163 Å². The van der Waals surface area contributed by atoms with E-state index in [1.54, 1.807) is 0 Å². The van der Waals surface area contributed by atoms with E-state index in [1.807, 2.05) is 72.8 Å². The van der Waals surface area contributed by atoms with Gasteiger partial charge in [-0.25, -0.2) is 8.78 Å². The Morgan fingerprint density at radius 3 is 1.21 bits per heavy atom. The Bertz CT molecular complexity index is 1650. The van der Waals surface area contributed by atoms with Gasteiger partial charge in [0.25, 0.3) is 16.6 Å². The van der Waals surface area contributed by atoms with E-state index in [1.165, 1.54) is 6.92 Å². The van der Waals surface area contributed by atoms with Crippen molar-refractivity contribution >= 4 is 43.4 Å². The van der Waals surface area contributed by atoms with Gasteiger partial charge >= 0.3 is 5.97 Å². The summed E-state index contributed by atoms with van der Waals surface area (Å²) in [5.41, 5.74) is 0. The lowest BCUT2D eigenvalue weighted by Gasteiger charge is -2.44. The molecular weight excluding hydrogens is 711 g/mol. The summed E-state index contributed by atoms with van der Waals surface area (Å²) in [5, 5.41) is 13.6.